The predicted octanol–water partition coefficient (Wildman–Crippen LogP) is 4.21. The number of pyridine rings is 1. The van der Waals surface area contributed by atoms with E-state index in [2.05, 4.69) is 11.9 Å². The molecule has 1 unspecified atom stereocenters. The Bertz CT molecular complexity index is 386. The third-order valence-electron chi connectivity index (χ3n) is 4.51. The maximum Gasteiger partial charge on any atom is 0.0621 e. The molecule has 1 aromatic rings. The van der Waals surface area contributed by atoms with E-state index < -0.39 is 0 Å². The Morgan fingerprint density at radius 1 is 1.37 bits per heavy atom. The summed E-state index contributed by atoms with van der Waals surface area (Å²) >= 11 is 6.15. The molecule has 2 N–H and O–H groups in total. The highest BCUT2D eigenvalue weighted by Crippen LogP contribution is 2.33. The van der Waals surface area contributed by atoms with Crippen molar-refractivity contribution in [1.29, 1.82) is 0 Å². The SMILES string of the molecule is CCCC1CCC(C(N)Cc2ccncc2Cl)CC1. The van der Waals surface area contributed by atoms with Gasteiger partial charge in [0.2, 0.25) is 0 Å². The molecule has 106 valence electrons. The molecule has 1 heterocycles. The largest absolute Gasteiger partial charge is 0.327 e. The molecule has 1 aliphatic carbocycles. The zero-order valence-electron chi connectivity index (χ0n) is 11.8. The van der Waals surface area contributed by atoms with Crippen LogP contribution in [0.15, 0.2) is 18.5 Å². The fourth-order valence-corrected chi connectivity index (χ4v) is 3.50. The molecule has 0 amide bonds. The average molecular weight is 281 g/mol. The molecule has 1 saturated carbocycles. The van der Waals surface area contributed by atoms with Crippen LogP contribution in [0.3, 0.4) is 0 Å². The maximum absolute atomic E-state index is 6.39. The van der Waals surface area contributed by atoms with Gasteiger partial charge in [-0.15, -0.1) is 0 Å². The number of nitrogens with zero attached hydrogens (tertiary/aromatic N) is 1. The van der Waals surface area contributed by atoms with Crippen molar-refractivity contribution < 1.29 is 0 Å². The smallest absolute Gasteiger partial charge is 0.0621 e. The highest BCUT2D eigenvalue weighted by Gasteiger charge is 2.25. The third-order valence-corrected chi connectivity index (χ3v) is 4.85. The molecule has 0 aromatic carbocycles. The molecular formula is C16H25ClN2. The Morgan fingerprint density at radius 3 is 2.74 bits per heavy atom. The zero-order valence-corrected chi connectivity index (χ0v) is 12.6. The standard InChI is InChI=1S/C16H25ClN2/c1-2-3-12-4-6-13(7-5-12)16(18)10-14-8-9-19-11-15(14)17/h8-9,11-13,16H,2-7,10,18H2,1H3. The highest BCUT2D eigenvalue weighted by atomic mass is 35.5. The van der Waals surface area contributed by atoms with Gasteiger partial charge in [-0.3, -0.25) is 4.98 Å². The minimum absolute atomic E-state index is 0.238. The summed E-state index contributed by atoms with van der Waals surface area (Å²) in [4.78, 5) is 4.02. The van der Waals surface area contributed by atoms with Crippen LogP contribution < -0.4 is 5.73 Å². The molecule has 3 heteroatoms. The summed E-state index contributed by atoms with van der Waals surface area (Å²) < 4.78 is 0. The summed E-state index contributed by atoms with van der Waals surface area (Å²) in [6.07, 6.45) is 12.4. The summed E-state index contributed by atoms with van der Waals surface area (Å²) in [7, 11) is 0. The molecule has 19 heavy (non-hydrogen) atoms. The summed E-state index contributed by atoms with van der Waals surface area (Å²) in [6.45, 7) is 2.28. The Hall–Kier alpha value is -0.600. The third kappa shape index (κ3) is 4.19. The van der Waals surface area contributed by atoms with Gasteiger partial charge in [-0.2, -0.15) is 0 Å². The maximum atomic E-state index is 6.39. The van der Waals surface area contributed by atoms with Crippen molar-refractivity contribution in [2.75, 3.05) is 0 Å². The lowest BCUT2D eigenvalue weighted by atomic mass is 9.76. The van der Waals surface area contributed by atoms with Crippen LogP contribution in [-0.4, -0.2) is 11.0 Å². The molecule has 0 bridgehead atoms. The van der Waals surface area contributed by atoms with Crippen molar-refractivity contribution in [1.82, 2.24) is 4.98 Å². The lowest BCUT2D eigenvalue weighted by Gasteiger charge is -2.32. The van der Waals surface area contributed by atoms with Gasteiger partial charge in [-0.1, -0.05) is 44.2 Å². The van der Waals surface area contributed by atoms with Gasteiger partial charge in [0.15, 0.2) is 0 Å². The van der Waals surface area contributed by atoms with E-state index in [0.717, 1.165) is 22.9 Å². The van der Waals surface area contributed by atoms with Gasteiger partial charge in [0.1, 0.15) is 0 Å². The predicted molar refractivity (Wildman–Crippen MR) is 81.3 cm³/mol. The first kappa shape index (κ1) is 14.8. The van der Waals surface area contributed by atoms with Crippen LogP contribution in [0.1, 0.15) is 51.0 Å². The Labute approximate surface area is 121 Å². The molecule has 1 fully saturated rings. The van der Waals surface area contributed by atoms with Crippen molar-refractivity contribution in [3.05, 3.63) is 29.0 Å². The molecule has 0 spiro atoms. The van der Waals surface area contributed by atoms with Gasteiger partial charge in [0.25, 0.3) is 0 Å². The first-order valence-electron chi connectivity index (χ1n) is 7.54. The van der Waals surface area contributed by atoms with Crippen LogP contribution in [0.5, 0.6) is 0 Å². The van der Waals surface area contributed by atoms with Gasteiger partial charge in [-0.05, 0) is 42.7 Å². The second-order valence-corrected chi connectivity index (χ2v) is 6.31. The lowest BCUT2D eigenvalue weighted by molar-refractivity contribution is 0.232. The van der Waals surface area contributed by atoms with Crippen LogP contribution in [0.25, 0.3) is 0 Å². The van der Waals surface area contributed by atoms with Crippen molar-refractivity contribution in [2.45, 2.75) is 57.9 Å². The summed E-state index contributed by atoms with van der Waals surface area (Å²) in [5.74, 6) is 1.61. The number of hydrogen-bond donors (Lipinski definition) is 1. The molecule has 0 saturated heterocycles. The molecule has 0 aliphatic heterocycles. The first-order valence-corrected chi connectivity index (χ1v) is 7.92. The average Bonchev–Trinajstić information content (AvgIpc) is 2.42. The van der Waals surface area contributed by atoms with E-state index in [-0.39, 0.29) is 6.04 Å². The molecule has 1 aliphatic rings. The fourth-order valence-electron chi connectivity index (χ4n) is 3.30. The minimum Gasteiger partial charge on any atom is -0.327 e. The van der Waals surface area contributed by atoms with Crippen LogP contribution in [0.4, 0.5) is 0 Å². The van der Waals surface area contributed by atoms with E-state index in [0.29, 0.717) is 5.92 Å². The molecule has 2 nitrogen and oxygen atoms in total. The van der Waals surface area contributed by atoms with Gasteiger partial charge >= 0.3 is 0 Å². The molecule has 1 atom stereocenters. The van der Waals surface area contributed by atoms with Gasteiger partial charge in [0.05, 0.1) is 5.02 Å². The van der Waals surface area contributed by atoms with E-state index in [1.807, 2.05) is 6.07 Å². The van der Waals surface area contributed by atoms with Crippen LogP contribution in [0.2, 0.25) is 5.02 Å². The number of aromatic nitrogens is 1. The lowest BCUT2D eigenvalue weighted by Crippen LogP contribution is -2.35. The van der Waals surface area contributed by atoms with Crippen molar-refractivity contribution in [3.8, 4) is 0 Å². The highest BCUT2D eigenvalue weighted by molar-refractivity contribution is 6.31. The zero-order chi connectivity index (χ0) is 13.7. The minimum atomic E-state index is 0.238. The number of halogens is 1. The first-order chi connectivity index (χ1) is 9.20. The quantitative estimate of drug-likeness (QED) is 0.877. The van der Waals surface area contributed by atoms with Crippen molar-refractivity contribution in [2.24, 2.45) is 17.6 Å². The summed E-state index contributed by atoms with van der Waals surface area (Å²) in [5, 5.41) is 0.748. The van der Waals surface area contributed by atoms with Crippen LogP contribution in [0, 0.1) is 11.8 Å². The summed E-state index contributed by atoms with van der Waals surface area (Å²) in [5.41, 5.74) is 7.53. The van der Waals surface area contributed by atoms with Crippen LogP contribution in [-0.2, 0) is 6.42 Å². The molecular weight excluding hydrogens is 256 g/mol. The number of rotatable bonds is 5. The van der Waals surface area contributed by atoms with Crippen molar-refractivity contribution in [3.63, 3.8) is 0 Å². The fraction of sp³-hybridized carbons (Fsp3) is 0.688. The molecule has 0 radical (unpaired) electrons. The molecule has 1 aromatic heterocycles. The van der Waals surface area contributed by atoms with Gasteiger partial charge in [0, 0.05) is 18.4 Å². The Kier molecular flexibility index (Phi) is 5.65. The second kappa shape index (κ2) is 7.25. The summed E-state index contributed by atoms with van der Waals surface area (Å²) in [6, 6.07) is 2.23. The normalized spacial score (nSPS) is 25.2. The Balaban J connectivity index is 1.85. The second-order valence-electron chi connectivity index (χ2n) is 5.90. The van der Waals surface area contributed by atoms with E-state index in [1.54, 1.807) is 12.4 Å². The monoisotopic (exact) mass is 280 g/mol. The van der Waals surface area contributed by atoms with E-state index in [1.165, 1.54) is 38.5 Å². The van der Waals surface area contributed by atoms with E-state index in [4.69, 9.17) is 17.3 Å². The van der Waals surface area contributed by atoms with Crippen LogP contribution >= 0.6 is 11.6 Å². The van der Waals surface area contributed by atoms with Gasteiger partial charge in [-0.25, -0.2) is 0 Å². The topological polar surface area (TPSA) is 38.9 Å². The molecule has 2 rings (SSSR count). The van der Waals surface area contributed by atoms with E-state index in [9.17, 15) is 0 Å². The van der Waals surface area contributed by atoms with Gasteiger partial charge < -0.3 is 5.73 Å². The number of nitrogens with two attached hydrogens (primary N) is 1. The Morgan fingerprint density at radius 2 is 2.11 bits per heavy atom. The number of hydrogen-bond acceptors (Lipinski definition) is 2. The van der Waals surface area contributed by atoms with E-state index >= 15 is 0 Å². The van der Waals surface area contributed by atoms with Crippen molar-refractivity contribution >= 4 is 11.6 Å².